The summed E-state index contributed by atoms with van der Waals surface area (Å²) in [6.07, 6.45) is 5.65. The number of likely N-dealkylation sites (tertiary alicyclic amines) is 1. The lowest BCUT2D eigenvalue weighted by Gasteiger charge is -2.34. The summed E-state index contributed by atoms with van der Waals surface area (Å²) in [6, 6.07) is 16.7. The predicted molar refractivity (Wildman–Crippen MR) is 143 cm³/mol. The minimum absolute atomic E-state index is 0.0354. The highest BCUT2D eigenvalue weighted by Gasteiger charge is 2.39. The molecule has 182 valence electrons. The van der Waals surface area contributed by atoms with E-state index in [1.807, 2.05) is 25.7 Å². The molecule has 1 aliphatic carbocycles. The van der Waals surface area contributed by atoms with Crippen LogP contribution in [0.1, 0.15) is 55.9 Å². The molecule has 1 atom stereocenters. The van der Waals surface area contributed by atoms with E-state index in [0.717, 1.165) is 12.8 Å². The van der Waals surface area contributed by atoms with Gasteiger partial charge in [-0.3, -0.25) is 9.69 Å². The van der Waals surface area contributed by atoms with E-state index in [2.05, 4.69) is 60.7 Å². The summed E-state index contributed by atoms with van der Waals surface area (Å²) in [4.78, 5) is 29.7. The van der Waals surface area contributed by atoms with E-state index in [4.69, 9.17) is 4.74 Å². The van der Waals surface area contributed by atoms with Crippen LogP contribution in [-0.4, -0.2) is 58.2 Å². The summed E-state index contributed by atoms with van der Waals surface area (Å²) in [5, 5.41) is 0. The van der Waals surface area contributed by atoms with Gasteiger partial charge in [-0.2, -0.15) is 0 Å². The fraction of sp³-hybridized carbons (Fsp3) is 0.379. The first-order valence-electron chi connectivity index (χ1n) is 12.3. The van der Waals surface area contributed by atoms with Crippen LogP contribution in [0, 0.1) is 0 Å². The molecule has 0 aromatic heterocycles. The zero-order chi connectivity index (χ0) is 24.6. The highest BCUT2D eigenvalue weighted by molar-refractivity contribution is 7.99. The second-order valence-corrected chi connectivity index (χ2v) is 11.3. The van der Waals surface area contributed by atoms with Gasteiger partial charge in [0, 0.05) is 18.8 Å². The van der Waals surface area contributed by atoms with Crippen molar-refractivity contribution in [1.82, 2.24) is 9.80 Å². The molecule has 0 unspecified atom stereocenters. The summed E-state index contributed by atoms with van der Waals surface area (Å²) >= 11 is 1.61. The van der Waals surface area contributed by atoms with Crippen LogP contribution in [0.4, 0.5) is 4.79 Å². The lowest BCUT2D eigenvalue weighted by atomic mass is 9.86. The van der Waals surface area contributed by atoms with Gasteiger partial charge >= 0.3 is 6.09 Å². The number of benzene rings is 2. The number of carbonyl (C=O) groups is 2. The molecule has 0 saturated carbocycles. The predicted octanol–water partition coefficient (Wildman–Crippen LogP) is 5.90. The molecule has 6 heteroatoms. The highest BCUT2D eigenvalue weighted by atomic mass is 32.2. The number of piperidine rings is 1. The third-order valence-electron chi connectivity index (χ3n) is 6.73. The zero-order valence-corrected chi connectivity index (χ0v) is 21.4. The number of amides is 2. The Morgan fingerprint density at radius 1 is 0.914 bits per heavy atom. The van der Waals surface area contributed by atoms with Crippen molar-refractivity contribution in [2.45, 2.75) is 45.3 Å². The van der Waals surface area contributed by atoms with E-state index in [1.165, 1.54) is 33.4 Å². The first-order chi connectivity index (χ1) is 16.8. The largest absolute Gasteiger partial charge is 0.444 e. The number of nitrogens with zero attached hydrogens (tertiary/aromatic N) is 2. The van der Waals surface area contributed by atoms with Crippen LogP contribution >= 0.6 is 11.8 Å². The number of fused-ring (bicyclic) bond motifs is 2. The smallest absolute Gasteiger partial charge is 0.411 e. The van der Waals surface area contributed by atoms with Gasteiger partial charge in [-0.1, -0.05) is 66.3 Å². The maximum Gasteiger partial charge on any atom is 0.411 e. The summed E-state index contributed by atoms with van der Waals surface area (Å²) < 4.78 is 5.55. The standard InChI is InChI=1S/C29H32N2O3S/c1-29(2,3)34-28(33)31-19-35-18-25(31)27(32)30-16-14-22(15-17-30)26-23-10-6-4-8-20(23)12-13-21-9-5-7-11-24(21)26/h4-13,25H,14-19H2,1-3H3/t25-/m1/s1. The average molecular weight is 489 g/mol. The van der Waals surface area contributed by atoms with Crippen molar-refractivity contribution in [2.75, 3.05) is 24.7 Å². The molecule has 3 aliphatic rings. The minimum atomic E-state index is -0.579. The van der Waals surface area contributed by atoms with Gasteiger partial charge in [0.25, 0.3) is 0 Å². The fourth-order valence-corrected chi connectivity index (χ4v) is 6.18. The van der Waals surface area contributed by atoms with Crippen LogP contribution in [0.5, 0.6) is 0 Å². The molecule has 0 bridgehead atoms. The second kappa shape index (κ2) is 9.57. The third-order valence-corrected chi connectivity index (χ3v) is 7.74. The van der Waals surface area contributed by atoms with Crippen molar-refractivity contribution in [1.29, 1.82) is 0 Å². The topological polar surface area (TPSA) is 49.9 Å². The third kappa shape index (κ3) is 4.90. The number of ether oxygens (including phenoxy) is 1. The average Bonchev–Trinajstić information content (AvgIpc) is 3.27. The van der Waals surface area contributed by atoms with Gasteiger partial charge < -0.3 is 9.64 Å². The molecule has 2 aromatic carbocycles. The summed E-state index contributed by atoms with van der Waals surface area (Å²) in [5.41, 5.74) is 7.08. The normalized spacial score (nSPS) is 19.8. The summed E-state index contributed by atoms with van der Waals surface area (Å²) in [6.45, 7) is 6.88. The number of carbonyl (C=O) groups excluding carboxylic acids is 2. The molecule has 2 amide bonds. The van der Waals surface area contributed by atoms with E-state index in [1.54, 1.807) is 16.7 Å². The SMILES string of the molecule is CC(C)(C)OC(=O)N1CSC[C@@H]1C(=O)N1CCC(=C2c3ccccc3C=Cc3ccccc32)CC1. The molecule has 5 rings (SSSR count). The number of thioether (sulfide) groups is 1. The monoisotopic (exact) mass is 488 g/mol. The number of hydrogen-bond acceptors (Lipinski definition) is 4. The van der Waals surface area contributed by atoms with E-state index in [9.17, 15) is 9.59 Å². The maximum absolute atomic E-state index is 13.5. The van der Waals surface area contributed by atoms with E-state index in [-0.39, 0.29) is 5.91 Å². The quantitative estimate of drug-likeness (QED) is 0.428. The molecule has 0 N–H and O–H groups in total. The molecule has 5 nitrogen and oxygen atoms in total. The van der Waals surface area contributed by atoms with E-state index in [0.29, 0.717) is 24.7 Å². The van der Waals surface area contributed by atoms with Crippen molar-refractivity contribution in [3.63, 3.8) is 0 Å². The van der Waals surface area contributed by atoms with E-state index >= 15 is 0 Å². The second-order valence-electron chi connectivity index (χ2n) is 10.3. The summed E-state index contributed by atoms with van der Waals surface area (Å²) in [7, 11) is 0. The molecule has 2 aromatic rings. The van der Waals surface area contributed by atoms with Crippen LogP contribution in [-0.2, 0) is 9.53 Å². The fourth-order valence-electron chi connectivity index (χ4n) is 5.05. The molecular weight excluding hydrogens is 456 g/mol. The van der Waals surface area contributed by atoms with Crippen molar-refractivity contribution >= 4 is 41.5 Å². The zero-order valence-electron chi connectivity index (χ0n) is 20.6. The van der Waals surface area contributed by atoms with E-state index < -0.39 is 17.7 Å². The van der Waals surface area contributed by atoms with Gasteiger partial charge in [0.15, 0.2) is 0 Å². The van der Waals surface area contributed by atoms with Gasteiger partial charge in [0.1, 0.15) is 11.6 Å². The first-order valence-corrected chi connectivity index (χ1v) is 13.4. The van der Waals surface area contributed by atoms with Crippen LogP contribution in [0.2, 0.25) is 0 Å². The first kappa shape index (κ1) is 23.7. The maximum atomic E-state index is 13.5. The Kier molecular flexibility index (Phi) is 6.49. The Hall–Kier alpha value is -2.99. The highest BCUT2D eigenvalue weighted by Crippen LogP contribution is 2.39. The Bertz CT molecular complexity index is 1150. The Morgan fingerprint density at radius 3 is 2.06 bits per heavy atom. The lowest BCUT2D eigenvalue weighted by Crippen LogP contribution is -2.51. The van der Waals surface area contributed by atoms with Crippen LogP contribution < -0.4 is 0 Å². The molecule has 2 fully saturated rings. The molecular formula is C29H32N2O3S. The molecule has 0 radical (unpaired) electrons. The number of hydrogen-bond donors (Lipinski definition) is 0. The molecule has 0 spiro atoms. The molecule has 2 aliphatic heterocycles. The molecule has 35 heavy (non-hydrogen) atoms. The van der Waals surface area contributed by atoms with Crippen molar-refractivity contribution in [3.05, 3.63) is 76.4 Å². The van der Waals surface area contributed by atoms with Crippen LogP contribution in [0.15, 0.2) is 54.1 Å². The lowest BCUT2D eigenvalue weighted by molar-refractivity contribution is -0.135. The molecule has 2 saturated heterocycles. The minimum Gasteiger partial charge on any atom is -0.444 e. The van der Waals surface area contributed by atoms with Gasteiger partial charge in [0.05, 0.1) is 5.88 Å². The van der Waals surface area contributed by atoms with Crippen LogP contribution in [0.25, 0.3) is 17.7 Å². The van der Waals surface area contributed by atoms with Crippen molar-refractivity contribution < 1.29 is 14.3 Å². The Labute approximate surface area is 211 Å². The Morgan fingerprint density at radius 2 is 1.49 bits per heavy atom. The summed E-state index contributed by atoms with van der Waals surface area (Å²) in [5.74, 6) is 1.15. The number of rotatable bonds is 1. The molecule has 2 heterocycles. The van der Waals surface area contributed by atoms with Crippen molar-refractivity contribution in [2.24, 2.45) is 0 Å². The van der Waals surface area contributed by atoms with Gasteiger partial charge in [-0.05, 0) is 61.4 Å². The van der Waals surface area contributed by atoms with Gasteiger partial charge in [-0.25, -0.2) is 4.79 Å². The van der Waals surface area contributed by atoms with Crippen LogP contribution in [0.3, 0.4) is 0 Å². The Balaban J connectivity index is 1.37. The van der Waals surface area contributed by atoms with Crippen molar-refractivity contribution in [3.8, 4) is 0 Å². The van der Waals surface area contributed by atoms with Gasteiger partial charge in [0.2, 0.25) is 5.91 Å². The van der Waals surface area contributed by atoms with Gasteiger partial charge in [-0.15, -0.1) is 11.8 Å².